The average molecular weight is 286 g/mol. The molecule has 1 saturated heterocycles. The van der Waals surface area contributed by atoms with Crippen molar-refractivity contribution >= 4 is 29.6 Å². The Kier molecular flexibility index (Phi) is 5.85. The Morgan fingerprint density at radius 2 is 1.74 bits per heavy atom. The van der Waals surface area contributed by atoms with Crippen LogP contribution in [-0.2, 0) is 9.59 Å². The summed E-state index contributed by atoms with van der Waals surface area (Å²) in [7, 11) is 0. The number of nitrogens with one attached hydrogen (secondary N) is 2. The molecule has 2 N–H and O–H groups in total. The maximum absolute atomic E-state index is 12.2. The quantitative estimate of drug-likeness (QED) is 0.554. The van der Waals surface area contributed by atoms with Crippen molar-refractivity contribution in [2.24, 2.45) is 11.3 Å². The first-order chi connectivity index (χ1) is 8.98. The van der Waals surface area contributed by atoms with Crippen LogP contribution in [0.3, 0.4) is 0 Å². The van der Waals surface area contributed by atoms with Gasteiger partial charge in [0.2, 0.25) is 11.8 Å². The first kappa shape index (κ1) is 16.0. The Labute approximate surface area is 118 Å². The van der Waals surface area contributed by atoms with Crippen LogP contribution in [-0.4, -0.2) is 29.4 Å². The van der Waals surface area contributed by atoms with Crippen molar-refractivity contribution in [1.29, 1.82) is 0 Å². The molecule has 0 aromatic carbocycles. The number of unbranched alkanes of at least 4 members (excludes halogenated alkanes) is 1. The van der Waals surface area contributed by atoms with Crippen LogP contribution < -0.4 is 10.6 Å². The molecule has 6 heteroatoms. The highest BCUT2D eigenvalue weighted by atomic mass is 32.2. The molecule has 0 aromatic rings. The highest BCUT2D eigenvalue weighted by Gasteiger charge is 2.53. The summed E-state index contributed by atoms with van der Waals surface area (Å²) in [5.41, 5.74) is -1.12. The van der Waals surface area contributed by atoms with Gasteiger partial charge in [0, 0.05) is 5.75 Å². The van der Waals surface area contributed by atoms with Gasteiger partial charge in [0.05, 0.1) is 0 Å². The lowest BCUT2D eigenvalue weighted by molar-refractivity contribution is -0.146. The highest BCUT2D eigenvalue weighted by Crippen LogP contribution is 2.36. The van der Waals surface area contributed by atoms with E-state index in [0.717, 1.165) is 18.6 Å². The summed E-state index contributed by atoms with van der Waals surface area (Å²) in [6.45, 7) is 5.93. The van der Waals surface area contributed by atoms with Crippen LogP contribution in [0.1, 0.15) is 40.0 Å². The van der Waals surface area contributed by atoms with Crippen LogP contribution in [0.5, 0.6) is 0 Å². The zero-order valence-corrected chi connectivity index (χ0v) is 12.6. The SMILES string of the molecule is CCCCSCC1(C(C)CC)C(=O)NC(=O)NC1=O. The molecule has 1 aliphatic heterocycles. The van der Waals surface area contributed by atoms with Gasteiger partial charge in [0.1, 0.15) is 5.41 Å². The van der Waals surface area contributed by atoms with Crippen molar-refractivity contribution in [2.75, 3.05) is 11.5 Å². The molecule has 4 amide bonds. The molecule has 1 heterocycles. The van der Waals surface area contributed by atoms with Gasteiger partial charge in [-0.05, 0) is 18.1 Å². The van der Waals surface area contributed by atoms with Crippen LogP contribution in [0.25, 0.3) is 0 Å². The van der Waals surface area contributed by atoms with Gasteiger partial charge in [-0.1, -0.05) is 33.6 Å². The topological polar surface area (TPSA) is 75.3 Å². The Morgan fingerprint density at radius 3 is 2.21 bits per heavy atom. The van der Waals surface area contributed by atoms with Gasteiger partial charge in [-0.25, -0.2) is 4.79 Å². The van der Waals surface area contributed by atoms with Crippen LogP contribution >= 0.6 is 11.8 Å². The largest absolute Gasteiger partial charge is 0.328 e. The molecular formula is C13H22N2O3S. The Hall–Kier alpha value is -1.04. The Balaban J connectivity index is 2.88. The predicted molar refractivity (Wildman–Crippen MR) is 75.8 cm³/mol. The summed E-state index contributed by atoms with van der Waals surface area (Å²) >= 11 is 1.60. The van der Waals surface area contributed by atoms with E-state index in [4.69, 9.17) is 0 Å². The summed E-state index contributed by atoms with van der Waals surface area (Å²) in [6.07, 6.45) is 2.85. The molecule has 0 aliphatic carbocycles. The van der Waals surface area contributed by atoms with Crippen LogP contribution in [0.4, 0.5) is 4.79 Å². The van der Waals surface area contributed by atoms with Crippen molar-refractivity contribution < 1.29 is 14.4 Å². The molecule has 108 valence electrons. The number of carbonyl (C=O) groups is 3. The van der Waals surface area contributed by atoms with Crippen molar-refractivity contribution in [2.45, 2.75) is 40.0 Å². The molecule has 1 aliphatic rings. The van der Waals surface area contributed by atoms with Crippen LogP contribution in [0.15, 0.2) is 0 Å². The van der Waals surface area contributed by atoms with Crippen molar-refractivity contribution in [3.05, 3.63) is 0 Å². The second-order valence-electron chi connectivity index (χ2n) is 4.92. The van der Waals surface area contributed by atoms with E-state index in [1.54, 1.807) is 11.8 Å². The predicted octanol–water partition coefficient (Wildman–Crippen LogP) is 1.92. The molecule has 0 radical (unpaired) electrons. The number of urea groups is 1. The minimum Gasteiger partial charge on any atom is -0.277 e. The lowest BCUT2D eigenvalue weighted by atomic mass is 9.74. The van der Waals surface area contributed by atoms with Crippen LogP contribution in [0.2, 0.25) is 0 Å². The van der Waals surface area contributed by atoms with E-state index in [-0.39, 0.29) is 5.92 Å². The number of hydrogen-bond donors (Lipinski definition) is 2. The van der Waals surface area contributed by atoms with Gasteiger partial charge in [0.25, 0.3) is 0 Å². The van der Waals surface area contributed by atoms with Crippen molar-refractivity contribution in [1.82, 2.24) is 10.6 Å². The maximum atomic E-state index is 12.2. The van der Waals surface area contributed by atoms with E-state index in [0.29, 0.717) is 12.2 Å². The number of imide groups is 2. The van der Waals surface area contributed by atoms with E-state index in [2.05, 4.69) is 17.6 Å². The number of hydrogen-bond acceptors (Lipinski definition) is 4. The smallest absolute Gasteiger partial charge is 0.277 e. The monoisotopic (exact) mass is 286 g/mol. The lowest BCUT2D eigenvalue weighted by Crippen LogP contribution is -2.65. The van der Waals surface area contributed by atoms with Gasteiger partial charge in [-0.15, -0.1) is 0 Å². The molecule has 1 atom stereocenters. The second kappa shape index (κ2) is 6.93. The normalized spacial score (nSPS) is 19.8. The zero-order valence-electron chi connectivity index (χ0n) is 11.7. The molecule has 0 bridgehead atoms. The Morgan fingerprint density at radius 1 is 1.16 bits per heavy atom. The second-order valence-corrected chi connectivity index (χ2v) is 6.03. The molecule has 0 aromatic heterocycles. The molecule has 19 heavy (non-hydrogen) atoms. The zero-order chi connectivity index (χ0) is 14.5. The summed E-state index contributed by atoms with van der Waals surface area (Å²) in [5.74, 6) is 0.324. The maximum Gasteiger partial charge on any atom is 0.328 e. The van der Waals surface area contributed by atoms with Crippen LogP contribution in [0, 0.1) is 11.3 Å². The number of amides is 4. The lowest BCUT2D eigenvalue weighted by Gasteiger charge is -2.38. The molecule has 1 rings (SSSR count). The van der Waals surface area contributed by atoms with E-state index >= 15 is 0 Å². The fourth-order valence-corrected chi connectivity index (χ4v) is 3.62. The number of thioether (sulfide) groups is 1. The van der Waals surface area contributed by atoms with E-state index in [9.17, 15) is 14.4 Å². The minimum atomic E-state index is -1.12. The number of rotatable bonds is 7. The minimum absolute atomic E-state index is 0.102. The van der Waals surface area contributed by atoms with Crippen molar-refractivity contribution in [3.63, 3.8) is 0 Å². The summed E-state index contributed by atoms with van der Waals surface area (Å²) < 4.78 is 0. The Bertz CT molecular complexity index is 351. The summed E-state index contributed by atoms with van der Waals surface area (Å²) in [6, 6.07) is -0.715. The van der Waals surface area contributed by atoms with Gasteiger partial charge in [-0.3, -0.25) is 20.2 Å². The van der Waals surface area contributed by atoms with E-state index < -0.39 is 23.3 Å². The van der Waals surface area contributed by atoms with E-state index in [1.165, 1.54) is 0 Å². The summed E-state index contributed by atoms with van der Waals surface area (Å²) in [4.78, 5) is 35.6. The number of barbiturate groups is 1. The van der Waals surface area contributed by atoms with Gasteiger partial charge >= 0.3 is 6.03 Å². The third-order valence-electron chi connectivity index (χ3n) is 3.69. The highest BCUT2D eigenvalue weighted by molar-refractivity contribution is 7.99. The summed E-state index contributed by atoms with van der Waals surface area (Å²) in [5, 5.41) is 4.47. The van der Waals surface area contributed by atoms with Gasteiger partial charge in [-0.2, -0.15) is 11.8 Å². The molecule has 0 spiro atoms. The molecular weight excluding hydrogens is 264 g/mol. The average Bonchev–Trinajstić information content (AvgIpc) is 2.36. The standard InChI is InChI=1S/C13H22N2O3S/c1-4-6-7-19-8-13(9(3)5-2)10(16)14-12(18)15-11(13)17/h9H,4-8H2,1-3H3,(H2,14,15,16,17,18). The third-order valence-corrected chi connectivity index (χ3v) is 4.93. The molecule has 1 fully saturated rings. The third kappa shape index (κ3) is 3.29. The number of carbonyl (C=O) groups excluding carboxylic acids is 3. The first-order valence-corrected chi connectivity index (χ1v) is 7.89. The fraction of sp³-hybridized carbons (Fsp3) is 0.769. The van der Waals surface area contributed by atoms with Crippen molar-refractivity contribution in [3.8, 4) is 0 Å². The first-order valence-electron chi connectivity index (χ1n) is 6.73. The van der Waals surface area contributed by atoms with Gasteiger partial charge < -0.3 is 0 Å². The molecule has 5 nitrogen and oxygen atoms in total. The molecule has 0 saturated carbocycles. The molecule has 1 unspecified atom stereocenters. The van der Waals surface area contributed by atoms with E-state index in [1.807, 2.05) is 13.8 Å². The van der Waals surface area contributed by atoms with Gasteiger partial charge in [0.15, 0.2) is 0 Å². The fourth-order valence-electron chi connectivity index (χ4n) is 2.11.